The minimum Gasteiger partial charge on any atom is -0.475 e. The molecule has 1 aromatic rings. The van der Waals surface area contributed by atoms with Gasteiger partial charge < -0.3 is 10.2 Å². The molecule has 0 aliphatic carbocycles. The highest BCUT2D eigenvalue weighted by Crippen LogP contribution is 2.11. The number of anilines is 1. The molecule has 0 aliphatic rings. The van der Waals surface area contributed by atoms with Gasteiger partial charge in [-0.15, -0.1) is 0 Å². The molecule has 4 nitrogen and oxygen atoms in total. The van der Waals surface area contributed by atoms with Crippen LogP contribution >= 0.6 is 0 Å². The van der Waals surface area contributed by atoms with Crippen LogP contribution in [0.5, 0.6) is 5.88 Å². The standard InChI is InChI=1S/C8H13N3O/c1-6(2)12-8-4-3-7(11-9)5-10-8/h3-6,11H,9H2,1-2H3. The van der Waals surface area contributed by atoms with E-state index in [-0.39, 0.29) is 6.10 Å². The number of hydrogen-bond acceptors (Lipinski definition) is 4. The molecule has 0 bridgehead atoms. The number of nitrogens with one attached hydrogen (secondary N) is 1. The van der Waals surface area contributed by atoms with Gasteiger partial charge in [0.2, 0.25) is 5.88 Å². The Morgan fingerprint density at radius 2 is 2.25 bits per heavy atom. The molecule has 1 aromatic heterocycles. The Balaban J connectivity index is 2.65. The van der Waals surface area contributed by atoms with Crippen molar-refractivity contribution >= 4 is 5.69 Å². The lowest BCUT2D eigenvalue weighted by molar-refractivity contribution is 0.232. The number of aromatic nitrogens is 1. The van der Waals surface area contributed by atoms with Crippen molar-refractivity contribution in [2.45, 2.75) is 20.0 Å². The van der Waals surface area contributed by atoms with Gasteiger partial charge >= 0.3 is 0 Å². The zero-order valence-corrected chi connectivity index (χ0v) is 7.24. The summed E-state index contributed by atoms with van der Waals surface area (Å²) in [6.45, 7) is 3.91. The molecule has 0 saturated heterocycles. The Kier molecular flexibility index (Phi) is 2.88. The SMILES string of the molecule is CC(C)Oc1ccc(NN)cn1. The zero-order valence-electron chi connectivity index (χ0n) is 7.24. The van der Waals surface area contributed by atoms with Gasteiger partial charge in [-0.1, -0.05) is 0 Å². The normalized spacial score (nSPS) is 10.0. The molecule has 0 spiro atoms. The van der Waals surface area contributed by atoms with Gasteiger partial charge in [0, 0.05) is 6.07 Å². The summed E-state index contributed by atoms with van der Waals surface area (Å²) in [7, 11) is 0. The van der Waals surface area contributed by atoms with Gasteiger partial charge in [-0.05, 0) is 19.9 Å². The van der Waals surface area contributed by atoms with Gasteiger partial charge in [-0.2, -0.15) is 0 Å². The molecular weight excluding hydrogens is 154 g/mol. The highest BCUT2D eigenvalue weighted by molar-refractivity contribution is 5.40. The van der Waals surface area contributed by atoms with Crippen LogP contribution in [0, 0.1) is 0 Å². The molecule has 1 heterocycles. The van der Waals surface area contributed by atoms with Gasteiger partial charge in [0.25, 0.3) is 0 Å². The van der Waals surface area contributed by atoms with Crippen molar-refractivity contribution in [3.63, 3.8) is 0 Å². The average Bonchev–Trinajstić information content (AvgIpc) is 2.05. The predicted octanol–water partition coefficient (Wildman–Crippen LogP) is 1.15. The summed E-state index contributed by atoms with van der Waals surface area (Å²) in [5, 5.41) is 0. The fourth-order valence-electron chi connectivity index (χ4n) is 0.777. The predicted molar refractivity (Wildman–Crippen MR) is 47.8 cm³/mol. The monoisotopic (exact) mass is 167 g/mol. The molecule has 3 N–H and O–H groups in total. The third kappa shape index (κ3) is 2.39. The van der Waals surface area contributed by atoms with Gasteiger partial charge in [-0.25, -0.2) is 4.98 Å². The van der Waals surface area contributed by atoms with E-state index >= 15 is 0 Å². The van der Waals surface area contributed by atoms with Crippen LogP contribution in [0.15, 0.2) is 18.3 Å². The maximum Gasteiger partial charge on any atom is 0.213 e. The Morgan fingerprint density at radius 1 is 1.50 bits per heavy atom. The number of hydrogen-bond donors (Lipinski definition) is 2. The smallest absolute Gasteiger partial charge is 0.213 e. The Morgan fingerprint density at radius 3 is 2.67 bits per heavy atom. The largest absolute Gasteiger partial charge is 0.475 e. The first-order valence-corrected chi connectivity index (χ1v) is 3.81. The highest BCUT2D eigenvalue weighted by atomic mass is 16.5. The second-order valence-electron chi connectivity index (χ2n) is 2.70. The van der Waals surface area contributed by atoms with E-state index in [1.54, 1.807) is 12.3 Å². The fraction of sp³-hybridized carbons (Fsp3) is 0.375. The maximum atomic E-state index is 5.33. The first-order valence-electron chi connectivity index (χ1n) is 3.81. The molecule has 4 heteroatoms. The molecule has 0 unspecified atom stereocenters. The minimum atomic E-state index is 0.147. The Hall–Kier alpha value is -1.29. The van der Waals surface area contributed by atoms with E-state index in [4.69, 9.17) is 10.6 Å². The molecule has 0 radical (unpaired) electrons. The van der Waals surface area contributed by atoms with Crippen molar-refractivity contribution in [1.82, 2.24) is 4.98 Å². The van der Waals surface area contributed by atoms with E-state index in [0.29, 0.717) is 5.88 Å². The molecule has 1 rings (SSSR count). The molecule has 0 fully saturated rings. The van der Waals surface area contributed by atoms with E-state index in [1.165, 1.54) is 0 Å². The summed E-state index contributed by atoms with van der Waals surface area (Å²) < 4.78 is 5.33. The third-order valence-electron chi connectivity index (χ3n) is 1.26. The van der Waals surface area contributed by atoms with E-state index in [0.717, 1.165) is 5.69 Å². The molecule has 0 atom stereocenters. The number of nitrogen functional groups attached to an aromatic ring is 1. The van der Waals surface area contributed by atoms with Gasteiger partial charge in [-0.3, -0.25) is 5.84 Å². The van der Waals surface area contributed by atoms with Crippen LogP contribution in [0.4, 0.5) is 5.69 Å². The van der Waals surface area contributed by atoms with Crippen molar-refractivity contribution in [3.05, 3.63) is 18.3 Å². The van der Waals surface area contributed by atoms with E-state index < -0.39 is 0 Å². The van der Waals surface area contributed by atoms with Crippen molar-refractivity contribution in [3.8, 4) is 5.88 Å². The number of hydrazine groups is 1. The summed E-state index contributed by atoms with van der Waals surface area (Å²) in [5.74, 6) is 5.79. The van der Waals surface area contributed by atoms with Crippen molar-refractivity contribution in [1.29, 1.82) is 0 Å². The third-order valence-corrected chi connectivity index (χ3v) is 1.26. The van der Waals surface area contributed by atoms with Gasteiger partial charge in [0.05, 0.1) is 18.0 Å². The minimum absolute atomic E-state index is 0.147. The van der Waals surface area contributed by atoms with Gasteiger partial charge in [0.15, 0.2) is 0 Å². The number of nitrogens with zero attached hydrogens (tertiary/aromatic N) is 1. The maximum absolute atomic E-state index is 5.33. The highest BCUT2D eigenvalue weighted by Gasteiger charge is 1.97. The molecular formula is C8H13N3O. The summed E-state index contributed by atoms with van der Waals surface area (Å²) in [6, 6.07) is 3.58. The van der Waals surface area contributed by atoms with Crippen molar-refractivity contribution in [2.24, 2.45) is 5.84 Å². The Labute approximate surface area is 71.7 Å². The second-order valence-corrected chi connectivity index (χ2v) is 2.70. The van der Waals surface area contributed by atoms with Crippen molar-refractivity contribution < 1.29 is 4.74 Å². The van der Waals surface area contributed by atoms with Crippen molar-refractivity contribution in [2.75, 3.05) is 5.43 Å². The number of nitrogens with two attached hydrogens (primary N) is 1. The van der Waals surface area contributed by atoms with E-state index in [1.807, 2.05) is 19.9 Å². The number of ether oxygens (including phenoxy) is 1. The quantitative estimate of drug-likeness (QED) is 0.523. The van der Waals surface area contributed by atoms with Crippen LogP contribution in [-0.4, -0.2) is 11.1 Å². The van der Waals surface area contributed by atoms with E-state index in [2.05, 4.69) is 10.4 Å². The molecule has 66 valence electrons. The number of rotatable bonds is 3. The Bertz CT molecular complexity index is 233. The summed E-state index contributed by atoms with van der Waals surface area (Å²) in [5.41, 5.74) is 3.26. The van der Waals surface area contributed by atoms with Crippen LogP contribution in [0.2, 0.25) is 0 Å². The molecule has 0 aliphatic heterocycles. The average molecular weight is 167 g/mol. The van der Waals surface area contributed by atoms with Crippen LogP contribution < -0.4 is 16.0 Å². The number of pyridine rings is 1. The topological polar surface area (TPSA) is 60.2 Å². The van der Waals surface area contributed by atoms with Crippen LogP contribution in [0.3, 0.4) is 0 Å². The fourth-order valence-corrected chi connectivity index (χ4v) is 0.777. The first kappa shape index (κ1) is 8.80. The molecule has 0 aromatic carbocycles. The lowest BCUT2D eigenvalue weighted by atomic mass is 10.4. The van der Waals surface area contributed by atoms with E-state index in [9.17, 15) is 0 Å². The molecule has 0 amide bonds. The van der Waals surface area contributed by atoms with Crippen LogP contribution in [-0.2, 0) is 0 Å². The van der Waals surface area contributed by atoms with Crippen LogP contribution in [0.25, 0.3) is 0 Å². The summed E-state index contributed by atoms with van der Waals surface area (Å²) >= 11 is 0. The first-order chi connectivity index (χ1) is 5.72. The van der Waals surface area contributed by atoms with Crippen LogP contribution in [0.1, 0.15) is 13.8 Å². The lowest BCUT2D eigenvalue weighted by Gasteiger charge is -2.08. The molecule has 0 saturated carbocycles. The lowest BCUT2D eigenvalue weighted by Crippen LogP contribution is -2.09. The zero-order chi connectivity index (χ0) is 8.97. The second kappa shape index (κ2) is 3.92. The van der Waals surface area contributed by atoms with Gasteiger partial charge in [0.1, 0.15) is 0 Å². The summed E-state index contributed by atoms with van der Waals surface area (Å²) in [4.78, 5) is 4.02. The summed E-state index contributed by atoms with van der Waals surface area (Å²) in [6.07, 6.45) is 1.77. The molecule has 12 heavy (non-hydrogen) atoms.